The molecule has 3 rings (SSSR count). The number of anilines is 1. The van der Waals surface area contributed by atoms with E-state index in [1.54, 1.807) is 13.3 Å². The van der Waals surface area contributed by atoms with Gasteiger partial charge >= 0.3 is 0 Å². The second kappa shape index (κ2) is 8.41. The molecule has 0 radical (unpaired) electrons. The van der Waals surface area contributed by atoms with Crippen LogP contribution < -0.4 is 10.9 Å². The van der Waals surface area contributed by atoms with Gasteiger partial charge in [0.25, 0.3) is 11.5 Å². The Morgan fingerprint density at radius 1 is 1.17 bits per heavy atom. The van der Waals surface area contributed by atoms with Crippen LogP contribution in [0.25, 0.3) is 11.0 Å². The molecule has 0 atom stereocenters. The first-order valence-corrected chi connectivity index (χ1v) is 11.8. The van der Waals surface area contributed by atoms with E-state index in [-0.39, 0.29) is 23.5 Å². The second-order valence-corrected chi connectivity index (χ2v) is 10.8. The zero-order valence-corrected chi connectivity index (χ0v) is 16.9. The number of benzene rings is 1. The van der Waals surface area contributed by atoms with Gasteiger partial charge in [0.2, 0.25) is 5.95 Å². The molecule has 2 heterocycles. The minimum absolute atomic E-state index is 0.0106. The molecule has 0 aliphatic carbocycles. The molecular formula is C18H21F3N5O2P. The number of hydrogen-bond donors (Lipinski definition) is 2. The van der Waals surface area contributed by atoms with Gasteiger partial charge in [0, 0.05) is 19.3 Å². The molecule has 2 N–H and O–H groups in total. The van der Waals surface area contributed by atoms with Crippen LogP contribution in [0.1, 0.15) is 18.4 Å². The molecule has 0 amide bonds. The fourth-order valence-corrected chi connectivity index (χ4v) is 3.87. The molecule has 0 aliphatic rings. The van der Waals surface area contributed by atoms with Crippen LogP contribution in [0.15, 0.2) is 23.0 Å². The maximum atomic E-state index is 14.2. The average molecular weight is 427 g/mol. The first kappa shape index (κ1) is 21.1. The van der Waals surface area contributed by atoms with Gasteiger partial charge in [0.05, 0.1) is 7.14 Å². The first-order chi connectivity index (χ1) is 13.6. The van der Waals surface area contributed by atoms with Crippen LogP contribution in [0.3, 0.4) is 0 Å². The minimum Gasteiger partial charge on any atom is -0.352 e. The summed E-state index contributed by atoms with van der Waals surface area (Å²) < 4.78 is 53.5. The standard InChI is InChI=1S/C18H21F3N5O2P/c1-29(2,28)8-4-3-7-26-15-14(16(21)25-26)23-18(24-17(15)27)22-10-11-5-6-12(19)13(20)9-11/h5-6,9H,3-4,7-8,10H2,1-2H3,(H2,22,23,24,27). The Kier molecular flexibility index (Phi) is 6.12. The van der Waals surface area contributed by atoms with E-state index < -0.39 is 30.3 Å². The molecule has 2 aromatic heterocycles. The van der Waals surface area contributed by atoms with E-state index in [1.807, 2.05) is 0 Å². The van der Waals surface area contributed by atoms with Crippen molar-refractivity contribution in [1.29, 1.82) is 0 Å². The van der Waals surface area contributed by atoms with Crippen molar-refractivity contribution >= 4 is 24.1 Å². The number of nitrogens with one attached hydrogen (secondary N) is 2. The van der Waals surface area contributed by atoms with E-state index in [1.165, 1.54) is 10.7 Å². The summed E-state index contributed by atoms with van der Waals surface area (Å²) >= 11 is 0. The lowest BCUT2D eigenvalue weighted by Gasteiger charge is -2.07. The van der Waals surface area contributed by atoms with Crippen molar-refractivity contribution < 1.29 is 17.7 Å². The summed E-state index contributed by atoms with van der Waals surface area (Å²) in [6.45, 7) is 3.77. The lowest BCUT2D eigenvalue weighted by atomic mass is 10.2. The number of H-pyrrole nitrogens is 1. The van der Waals surface area contributed by atoms with E-state index in [9.17, 15) is 22.5 Å². The average Bonchev–Trinajstić information content (AvgIpc) is 2.95. The maximum absolute atomic E-state index is 14.2. The quantitative estimate of drug-likeness (QED) is 0.424. The Bertz CT molecular complexity index is 1140. The minimum atomic E-state index is -2.12. The van der Waals surface area contributed by atoms with Gasteiger partial charge in [-0.15, -0.1) is 5.10 Å². The van der Waals surface area contributed by atoms with Crippen LogP contribution >= 0.6 is 7.14 Å². The van der Waals surface area contributed by atoms with Crippen LogP contribution in [0, 0.1) is 17.6 Å². The van der Waals surface area contributed by atoms with Gasteiger partial charge in [-0.05, 0) is 43.9 Å². The Balaban J connectivity index is 1.75. The number of hydrogen-bond acceptors (Lipinski definition) is 5. The molecule has 1 aromatic carbocycles. The zero-order chi connectivity index (χ0) is 21.2. The number of unbranched alkanes of at least 4 members (excludes halogenated alkanes) is 1. The highest BCUT2D eigenvalue weighted by atomic mass is 31.2. The Labute approximate surface area is 164 Å². The Hall–Kier alpha value is -2.61. The van der Waals surface area contributed by atoms with Gasteiger partial charge in [-0.1, -0.05) is 6.07 Å². The first-order valence-electron chi connectivity index (χ1n) is 9.02. The zero-order valence-electron chi connectivity index (χ0n) is 16.0. The van der Waals surface area contributed by atoms with Crippen molar-refractivity contribution in [3.05, 3.63) is 51.7 Å². The van der Waals surface area contributed by atoms with Crippen LogP contribution in [-0.4, -0.2) is 39.2 Å². The molecule has 3 aromatic rings. The van der Waals surface area contributed by atoms with Gasteiger partial charge in [-0.3, -0.25) is 14.5 Å². The highest BCUT2D eigenvalue weighted by molar-refractivity contribution is 7.62. The summed E-state index contributed by atoms with van der Waals surface area (Å²) in [5.74, 6) is -2.84. The number of aromatic nitrogens is 4. The fourth-order valence-electron chi connectivity index (χ4n) is 2.89. The fraction of sp³-hybridized carbons (Fsp3) is 0.389. The molecule has 0 aliphatic heterocycles. The van der Waals surface area contributed by atoms with Crippen molar-refractivity contribution in [3.63, 3.8) is 0 Å². The third-order valence-corrected chi connectivity index (χ3v) is 5.71. The smallest absolute Gasteiger partial charge is 0.278 e. The maximum Gasteiger partial charge on any atom is 0.278 e. The van der Waals surface area contributed by atoms with E-state index in [0.29, 0.717) is 31.1 Å². The number of aromatic amines is 1. The largest absolute Gasteiger partial charge is 0.352 e. The molecule has 0 bridgehead atoms. The molecule has 0 fully saturated rings. The van der Waals surface area contributed by atoms with Gasteiger partial charge in [0.1, 0.15) is 0 Å². The normalized spacial score (nSPS) is 11.9. The summed E-state index contributed by atoms with van der Waals surface area (Å²) in [4.78, 5) is 19.0. The third kappa shape index (κ3) is 5.26. The van der Waals surface area contributed by atoms with Crippen molar-refractivity contribution in [2.24, 2.45) is 0 Å². The molecule has 29 heavy (non-hydrogen) atoms. The number of halogens is 3. The third-order valence-electron chi connectivity index (χ3n) is 4.32. The van der Waals surface area contributed by atoms with Crippen molar-refractivity contribution in [2.45, 2.75) is 25.9 Å². The topological polar surface area (TPSA) is 92.7 Å². The van der Waals surface area contributed by atoms with E-state index >= 15 is 0 Å². The molecule has 0 unspecified atom stereocenters. The Morgan fingerprint density at radius 2 is 1.93 bits per heavy atom. The van der Waals surface area contributed by atoms with E-state index in [2.05, 4.69) is 20.4 Å². The van der Waals surface area contributed by atoms with E-state index in [4.69, 9.17) is 0 Å². The van der Waals surface area contributed by atoms with Crippen LogP contribution in [0.2, 0.25) is 0 Å². The van der Waals surface area contributed by atoms with Gasteiger partial charge in [0.15, 0.2) is 22.7 Å². The van der Waals surface area contributed by atoms with Gasteiger partial charge < -0.3 is 9.88 Å². The molecule has 0 saturated carbocycles. The summed E-state index contributed by atoms with van der Waals surface area (Å²) in [5.41, 5.74) is -0.321. The molecule has 11 heteroatoms. The summed E-state index contributed by atoms with van der Waals surface area (Å²) in [7, 11) is -2.12. The highest BCUT2D eigenvalue weighted by Gasteiger charge is 2.17. The summed E-state index contributed by atoms with van der Waals surface area (Å²) in [5, 5.41) is 6.50. The molecule has 156 valence electrons. The van der Waals surface area contributed by atoms with Crippen LogP contribution in [0.4, 0.5) is 19.1 Å². The van der Waals surface area contributed by atoms with Gasteiger partial charge in [-0.25, -0.2) is 13.8 Å². The number of rotatable bonds is 8. The lowest BCUT2D eigenvalue weighted by molar-refractivity contribution is 0.507. The van der Waals surface area contributed by atoms with Crippen molar-refractivity contribution in [1.82, 2.24) is 19.7 Å². The summed E-state index contributed by atoms with van der Waals surface area (Å²) in [6, 6.07) is 3.39. The predicted molar refractivity (Wildman–Crippen MR) is 105 cm³/mol. The number of aryl methyl sites for hydroxylation is 1. The predicted octanol–water partition coefficient (Wildman–Crippen LogP) is 3.55. The number of fused-ring (bicyclic) bond motifs is 1. The SMILES string of the molecule is CP(C)(=O)CCCCn1nc(F)c2nc(NCc3ccc(F)c(F)c3)[nH]c(=O)c21. The Morgan fingerprint density at radius 3 is 2.62 bits per heavy atom. The van der Waals surface area contributed by atoms with Crippen LogP contribution in [0.5, 0.6) is 0 Å². The van der Waals surface area contributed by atoms with Crippen molar-refractivity contribution in [2.75, 3.05) is 24.8 Å². The monoisotopic (exact) mass is 427 g/mol. The highest BCUT2D eigenvalue weighted by Crippen LogP contribution is 2.36. The molecular weight excluding hydrogens is 406 g/mol. The second-order valence-electron chi connectivity index (χ2n) is 7.23. The van der Waals surface area contributed by atoms with Gasteiger partial charge in [-0.2, -0.15) is 4.39 Å². The summed E-state index contributed by atoms with van der Waals surface area (Å²) in [6.07, 6.45) is 1.84. The van der Waals surface area contributed by atoms with E-state index in [0.717, 1.165) is 12.1 Å². The number of nitrogens with zero attached hydrogens (tertiary/aromatic N) is 3. The molecule has 0 spiro atoms. The lowest BCUT2D eigenvalue weighted by Crippen LogP contribution is -2.16. The molecule has 7 nitrogen and oxygen atoms in total. The van der Waals surface area contributed by atoms with Crippen molar-refractivity contribution in [3.8, 4) is 0 Å². The molecule has 0 saturated heterocycles. The van der Waals surface area contributed by atoms with Crippen LogP contribution in [-0.2, 0) is 17.7 Å².